The summed E-state index contributed by atoms with van der Waals surface area (Å²) in [5, 5.41) is 19.5. The van der Waals surface area contributed by atoms with Crippen LogP contribution in [0.15, 0.2) is 48.5 Å². The van der Waals surface area contributed by atoms with Gasteiger partial charge in [0.15, 0.2) is 0 Å². The van der Waals surface area contributed by atoms with Crippen molar-refractivity contribution in [3.63, 3.8) is 0 Å². The molecule has 0 fully saturated rings. The Balaban J connectivity index is 1.99. The average Bonchev–Trinajstić information content (AvgIpc) is 2.46. The smallest absolute Gasteiger partial charge is 0.269 e. The molecule has 1 N–H and O–H groups in total. The number of rotatable bonds is 5. The van der Waals surface area contributed by atoms with Gasteiger partial charge in [0, 0.05) is 12.1 Å². The minimum Gasteiger partial charge on any atom is -0.489 e. The lowest BCUT2D eigenvalue weighted by atomic mass is 10.2. The van der Waals surface area contributed by atoms with E-state index in [1.54, 1.807) is 36.4 Å². The number of benzene rings is 2. The van der Waals surface area contributed by atoms with Crippen molar-refractivity contribution in [3.05, 3.63) is 69.8 Å². The minimum absolute atomic E-state index is 0.0330. The summed E-state index contributed by atoms with van der Waals surface area (Å²) in [4.78, 5) is 10.1. The van der Waals surface area contributed by atoms with Gasteiger partial charge in [-0.15, -0.1) is 0 Å². The van der Waals surface area contributed by atoms with Gasteiger partial charge in [-0.1, -0.05) is 12.1 Å². The van der Waals surface area contributed by atoms with Crippen LogP contribution in [0, 0.1) is 10.1 Å². The zero-order chi connectivity index (χ0) is 13.7. The topological polar surface area (TPSA) is 72.6 Å². The molecule has 0 atom stereocenters. The predicted octanol–water partition coefficient (Wildman–Crippen LogP) is 2.67. The number of nitrogens with zero attached hydrogens (tertiary/aromatic N) is 1. The Morgan fingerprint density at radius 3 is 2.47 bits per heavy atom. The van der Waals surface area contributed by atoms with E-state index in [9.17, 15) is 10.1 Å². The summed E-state index contributed by atoms with van der Waals surface area (Å²) in [6.07, 6.45) is 0. The van der Waals surface area contributed by atoms with Gasteiger partial charge in [-0.05, 0) is 35.4 Å². The van der Waals surface area contributed by atoms with Crippen LogP contribution in [0.1, 0.15) is 11.1 Å². The molecule has 98 valence electrons. The molecule has 0 aliphatic rings. The summed E-state index contributed by atoms with van der Waals surface area (Å²) in [7, 11) is 0. The highest BCUT2D eigenvalue weighted by Crippen LogP contribution is 2.17. The van der Waals surface area contributed by atoms with Crippen LogP contribution in [-0.2, 0) is 13.2 Å². The number of hydrogen-bond donors (Lipinski definition) is 1. The Morgan fingerprint density at radius 1 is 1.11 bits per heavy atom. The first kappa shape index (κ1) is 13.0. The Labute approximate surface area is 110 Å². The van der Waals surface area contributed by atoms with Gasteiger partial charge in [-0.2, -0.15) is 0 Å². The Morgan fingerprint density at radius 2 is 1.84 bits per heavy atom. The molecule has 5 nitrogen and oxygen atoms in total. The molecule has 0 aliphatic carbocycles. The van der Waals surface area contributed by atoms with Crippen LogP contribution in [0.5, 0.6) is 5.75 Å². The Hall–Kier alpha value is -2.40. The van der Waals surface area contributed by atoms with Gasteiger partial charge in [0.2, 0.25) is 0 Å². The molecule has 19 heavy (non-hydrogen) atoms. The fourth-order valence-corrected chi connectivity index (χ4v) is 1.61. The van der Waals surface area contributed by atoms with Crippen LogP contribution in [0.2, 0.25) is 0 Å². The molecule has 2 rings (SSSR count). The molecule has 0 spiro atoms. The van der Waals surface area contributed by atoms with Crippen LogP contribution in [0.4, 0.5) is 5.69 Å². The van der Waals surface area contributed by atoms with Gasteiger partial charge >= 0.3 is 0 Å². The SMILES string of the molecule is O=[N+]([O-])c1ccc(COc2cccc(CO)c2)cc1. The van der Waals surface area contributed by atoms with Gasteiger partial charge in [0.25, 0.3) is 5.69 Å². The Bertz CT molecular complexity index is 566. The van der Waals surface area contributed by atoms with E-state index in [0.717, 1.165) is 11.1 Å². The zero-order valence-corrected chi connectivity index (χ0v) is 10.2. The summed E-state index contributed by atoms with van der Waals surface area (Å²) in [6, 6.07) is 13.4. The van der Waals surface area contributed by atoms with E-state index in [0.29, 0.717) is 12.4 Å². The fraction of sp³-hybridized carbons (Fsp3) is 0.143. The van der Waals surface area contributed by atoms with Gasteiger partial charge in [-0.3, -0.25) is 10.1 Å². The second-order valence-corrected chi connectivity index (χ2v) is 4.02. The molecule has 0 saturated carbocycles. The summed E-state index contributed by atoms with van der Waals surface area (Å²) in [6.45, 7) is 0.293. The number of hydrogen-bond acceptors (Lipinski definition) is 4. The number of non-ortho nitro benzene ring substituents is 1. The quantitative estimate of drug-likeness (QED) is 0.661. The molecule has 0 bridgehead atoms. The van der Waals surface area contributed by atoms with E-state index in [4.69, 9.17) is 9.84 Å². The molecule has 2 aromatic rings. The summed E-state index contributed by atoms with van der Waals surface area (Å²) >= 11 is 0. The molecule has 0 aliphatic heterocycles. The van der Waals surface area contributed by atoms with Crippen molar-refractivity contribution >= 4 is 5.69 Å². The summed E-state index contributed by atoms with van der Waals surface area (Å²) in [5.74, 6) is 0.657. The largest absolute Gasteiger partial charge is 0.489 e. The molecule has 2 aromatic carbocycles. The summed E-state index contributed by atoms with van der Waals surface area (Å²) < 4.78 is 5.55. The third kappa shape index (κ3) is 3.53. The second-order valence-electron chi connectivity index (χ2n) is 4.02. The van der Waals surface area contributed by atoms with E-state index in [1.165, 1.54) is 12.1 Å². The molecule has 0 saturated heterocycles. The van der Waals surface area contributed by atoms with Crippen LogP contribution in [0.3, 0.4) is 0 Å². The highest BCUT2D eigenvalue weighted by molar-refractivity contribution is 5.33. The van der Waals surface area contributed by atoms with Crippen molar-refractivity contribution in [1.29, 1.82) is 0 Å². The predicted molar refractivity (Wildman–Crippen MR) is 69.8 cm³/mol. The molecule has 0 radical (unpaired) electrons. The number of nitro benzene ring substituents is 1. The number of nitro groups is 1. The van der Waals surface area contributed by atoms with Crippen molar-refractivity contribution in [1.82, 2.24) is 0 Å². The van der Waals surface area contributed by atoms with Gasteiger partial charge in [0.05, 0.1) is 11.5 Å². The number of aliphatic hydroxyl groups excluding tert-OH is 1. The standard InChI is InChI=1S/C14H13NO4/c16-9-12-2-1-3-14(8-12)19-10-11-4-6-13(7-5-11)15(17)18/h1-8,16H,9-10H2. The molecule has 0 unspecified atom stereocenters. The lowest BCUT2D eigenvalue weighted by Gasteiger charge is -2.07. The first-order valence-corrected chi connectivity index (χ1v) is 5.75. The normalized spacial score (nSPS) is 10.2. The van der Waals surface area contributed by atoms with Gasteiger partial charge in [0.1, 0.15) is 12.4 Å². The number of ether oxygens (including phenoxy) is 1. The maximum absolute atomic E-state index is 10.5. The van der Waals surface area contributed by atoms with Crippen LogP contribution in [-0.4, -0.2) is 10.0 Å². The third-order valence-electron chi connectivity index (χ3n) is 2.63. The van der Waals surface area contributed by atoms with Crippen molar-refractivity contribution in [3.8, 4) is 5.75 Å². The van der Waals surface area contributed by atoms with E-state index in [2.05, 4.69) is 0 Å². The lowest BCUT2D eigenvalue weighted by Crippen LogP contribution is -1.96. The van der Waals surface area contributed by atoms with E-state index >= 15 is 0 Å². The van der Waals surface area contributed by atoms with Crippen molar-refractivity contribution in [2.24, 2.45) is 0 Å². The Kier molecular flexibility index (Phi) is 4.10. The first-order valence-electron chi connectivity index (χ1n) is 5.75. The van der Waals surface area contributed by atoms with E-state index in [1.807, 2.05) is 0 Å². The molecule has 0 amide bonds. The molecule has 5 heteroatoms. The summed E-state index contributed by atoms with van der Waals surface area (Å²) in [5.41, 5.74) is 1.69. The van der Waals surface area contributed by atoms with Crippen LogP contribution < -0.4 is 4.74 Å². The number of aliphatic hydroxyl groups is 1. The lowest BCUT2D eigenvalue weighted by molar-refractivity contribution is -0.384. The van der Waals surface area contributed by atoms with E-state index < -0.39 is 4.92 Å². The maximum atomic E-state index is 10.5. The zero-order valence-electron chi connectivity index (χ0n) is 10.2. The minimum atomic E-state index is -0.435. The average molecular weight is 259 g/mol. The molecule has 0 aromatic heterocycles. The monoisotopic (exact) mass is 259 g/mol. The van der Waals surface area contributed by atoms with Crippen molar-refractivity contribution in [2.45, 2.75) is 13.2 Å². The van der Waals surface area contributed by atoms with Crippen molar-refractivity contribution < 1.29 is 14.8 Å². The highest BCUT2D eigenvalue weighted by atomic mass is 16.6. The highest BCUT2D eigenvalue weighted by Gasteiger charge is 2.04. The molecule has 0 heterocycles. The third-order valence-corrected chi connectivity index (χ3v) is 2.63. The fourth-order valence-electron chi connectivity index (χ4n) is 1.61. The first-order chi connectivity index (χ1) is 9.19. The van der Waals surface area contributed by atoms with Gasteiger partial charge in [-0.25, -0.2) is 0 Å². The van der Waals surface area contributed by atoms with Crippen LogP contribution >= 0.6 is 0 Å². The van der Waals surface area contributed by atoms with Crippen LogP contribution in [0.25, 0.3) is 0 Å². The second kappa shape index (κ2) is 5.97. The molecular formula is C14H13NO4. The van der Waals surface area contributed by atoms with E-state index in [-0.39, 0.29) is 12.3 Å². The molecular weight excluding hydrogens is 246 g/mol. The maximum Gasteiger partial charge on any atom is 0.269 e. The van der Waals surface area contributed by atoms with Gasteiger partial charge < -0.3 is 9.84 Å². The van der Waals surface area contributed by atoms with Crippen molar-refractivity contribution in [2.75, 3.05) is 0 Å².